The highest BCUT2D eigenvalue weighted by Crippen LogP contribution is 2.50. The molecular formula is C15H26ClNO2. The highest BCUT2D eigenvalue weighted by atomic mass is 35.5. The van der Waals surface area contributed by atoms with E-state index in [1.165, 1.54) is 0 Å². The summed E-state index contributed by atoms with van der Waals surface area (Å²) in [6, 6.07) is 0.229. The van der Waals surface area contributed by atoms with Crippen LogP contribution in [0.3, 0.4) is 0 Å². The van der Waals surface area contributed by atoms with Gasteiger partial charge in [0.15, 0.2) is 0 Å². The van der Waals surface area contributed by atoms with Crippen LogP contribution in [0.2, 0.25) is 0 Å². The van der Waals surface area contributed by atoms with Gasteiger partial charge in [0.25, 0.3) is 0 Å². The van der Waals surface area contributed by atoms with Crippen LogP contribution in [0.4, 0.5) is 0 Å². The van der Waals surface area contributed by atoms with Crippen molar-refractivity contribution in [2.45, 2.75) is 65.1 Å². The van der Waals surface area contributed by atoms with Crippen LogP contribution in [0, 0.1) is 11.3 Å². The topological polar surface area (TPSA) is 29.5 Å². The van der Waals surface area contributed by atoms with Crippen molar-refractivity contribution < 1.29 is 9.53 Å². The summed E-state index contributed by atoms with van der Waals surface area (Å²) in [5.74, 6) is 1.40. The minimum Gasteiger partial charge on any atom is -0.354 e. The number of ether oxygens (including phenoxy) is 1. The molecule has 0 aromatic heterocycles. The molecule has 19 heavy (non-hydrogen) atoms. The molecule has 2 fully saturated rings. The van der Waals surface area contributed by atoms with Crippen LogP contribution in [0.15, 0.2) is 0 Å². The van der Waals surface area contributed by atoms with E-state index in [1.807, 2.05) is 4.90 Å². The number of hydrogen-bond acceptors (Lipinski definition) is 2. The van der Waals surface area contributed by atoms with Crippen molar-refractivity contribution in [1.82, 2.24) is 4.90 Å². The normalized spacial score (nSPS) is 38.3. The van der Waals surface area contributed by atoms with Crippen LogP contribution < -0.4 is 0 Å². The summed E-state index contributed by atoms with van der Waals surface area (Å²) in [6.45, 7) is 9.16. The second-order valence-electron chi connectivity index (χ2n) is 6.86. The number of fused-ring (bicyclic) bond motifs is 1. The Hall–Kier alpha value is -0.280. The minimum absolute atomic E-state index is 0.229. The highest BCUT2D eigenvalue weighted by Gasteiger charge is 2.60. The number of alkyl halides is 1. The first-order chi connectivity index (χ1) is 8.84. The van der Waals surface area contributed by atoms with Crippen LogP contribution in [-0.2, 0) is 9.53 Å². The van der Waals surface area contributed by atoms with Crippen LogP contribution >= 0.6 is 11.6 Å². The fourth-order valence-electron chi connectivity index (χ4n) is 3.65. The third-order valence-corrected chi connectivity index (χ3v) is 5.01. The maximum atomic E-state index is 12.8. The number of carbonyl (C=O) groups excluding carboxylic acids is 1. The first-order valence-corrected chi connectivity index (χ1v) is 7.91. The van der Waals surface area contributed by atoms with Crippen LogP contribution in [0.25, 0.3) is 0 Å². The Morgan fingerprint density at radius 2 is 2.11 bits per heavy atom. The van der Waals surface area contributed by atoms with Gasteiger partial charge in [0.2, 0.25) is 5.91 Å². The summed E-state index contributed by atoms with van der Waals surface area (Å²) in [4.78, 5) is 14.9. The van der Waals surface area contributed by atoms with Crippen molar-refractivity contribution in [2.75, 3.05) is 12.5 Å². The zero-order valence-electron chi connectivity index (χ0n) is 12.5. The Labute approximate surface area is 121 Å². The molecule has 2 aliphatic rings. The SMILES string of the molecule is CC(C)[C@H]1CO[C@]2(C)C[C@](C)(CCCCCl)C(=O)N12. The summed E-state index contributed by atoms with van der Waals surface area (Å²) in [5.41, 5.74) is -0.657. The molecule has 0 unspecified atom stereocenters. The molecule has 0 saturated carbocycles. The molecule has 0 spiro atoms. The van der Waals surface area contributed by atoms with E-state index in [4.69, 9.17) is 16.3 Å². The monoisotopic (exact) mass is 287 g/mol. The summed E-state index contributed by atoms with van der Waals surface area (Å²) in [5, 5.41) is 0. The average Bonchev–Trinajstić information content (AvgIpc) is 2.73. The molecular weight excluding hydrogens is 262 g/mol. The van der Waals surface area contributed by atoms with Crippen molar-refractivity contribution in [3.05, 3.63) is 0 Å². The van der Waals surface area contributed by atoms with Gasteiger partial charge in [-0.3, -0.25) is 4.79 Å². The molecule has 0 bridgehead atoms. The molecule has 2 heterocycles. The second kappa shape index (κ2) is 5.25. The molecule has 110 valence electrons. The molecule has 0 aliphatic carbocycles. The number of halogens is 1. The molecule has 3 atom stereocenters. The molecule has 3 nitrogen and oxygen atoms in total. The van der Waals surface area contributed by atoms with E-state index < -0.39 is 0 Å². The van der Waals surface area contributed by atoms with Gasteiger partial charge in [0, 0.05) is 12.3 Å². The van der Waals surface area contributed by atoms with Gasteiger partial charge in [-0.25, -0.2) is 0 Å². The zero-order valence-corrected chi connectivity index (χ0v) is 13.3. The van der Waals surface area contributed by atoms with E-state index in [0.29, 0.717) is 18.4 Å². The van der Waals surface area contributed by atoms with Crippen LogP contribution in [-0.4, -0.2) is 35.1 Å². The van der Waals surface area contributed by atoms with E-state index in [9.17, 15) is 4.79 Å². The number of hydrogen-bond donors (Lipinski definition) is 0. The van der Waals surface area contributed by atoms with E-state index in [2.05, 4.69) is 27.7 Å². The van der Waals surface area contributed by atoms with Gasteiger partial charge in [0.05, 0.1) is 18.1 Å². The lowest BCUT2D eigenvalue weighted by Crippen LogP contribution is -2.46. The number of carbonyl (C=O) groups is 1. The Morgan fingerprint density at radius 1 is 1.42 bits per heavy atom. The first kappa shape index (κ1) is 15.1. The molecule has 0 aromatic carbocycles. The van der Waals surface area contributed by atoms with Crippen molar-refractivity contribution in [1.29, 1.82) is 0 Å². The van der Waals surface area contributed by atoms with E-state index in [-0.39, 0.29) is 23.1 Å². The van der Waals surface area contributed by atoms with E-state index >= 15 is 0 Å². The Bertz CT molecular complexity index is 360. The van der Waals surface area contributed by atoms with Gasteiger partial charge >= 0.3 is 0 Å². The van der Waals surface area contributed by atoms with E-state index in [0.717, 1.165) is 25.7 Å². The fraction of sp³-hybridized carbons (Fsp3) is 0.933. The predicted molar refractivity (Wildman–Crippen MR) is 77.1 cm³/mol. The van der Waals surface area contributed by atoms with Crippen LogP contribution in [0.5, 0.6) is 0 Å². The van der Waals surface area contributed by atoms with E-state index in [1.54, 1.807) is 0 Å². The number of rotatable bonds is 5. The lowest BCUT2D eigenvalue weighted by Gasteiger charge is -2.31. The standard InChI is InChI=1S/C15H26ClNO2/c1-11(2)12-9-19-15(4)10-14(3,7-5-6-8-16)13(18)17(12)15/h11-12H,5-10H2,1-4H3/t12-,14+,15-/m1/s1. The average molecular weight is 288 g/mol. The van der Waals surface area contributed by atoms with Gasteiger partial charge < -0.3 is 9.64 Å². The van der Waals surface area contributed by atoms with Crippen molar-refractivity contribution >= 4 is 17.5 Å². The molecule has 2 aliphatic heterocycles. The molecule has 0 radical (unpaired) electrons. The third-order valence-electron chi connectivity index (χ3n) is 4.74. The summed E-state index contributed by atoms with van der Waals surface area (Å²) in [6.07, 6.45) is 3.72. The zero-order chi connectivity index (χ0) is 14.3. The Kier molecular flexibility index (Phi) is 4.18. The Balaban J connectivity index is 2.14. The largest absolute Gasteiger partial charge is 0.354 e. The summed E-state index contributed by atoms with van der Waals surface area (Å²) in [7, 11) is 0. The first-order valence-electron chi connectivity index (χ1n) is 7.38. The molecule has 2 rings (SSSR count). The molecule has 0 N–H and O–H groups in total. The summed E-state index contributed by atoms with van der Waals surface area (Å²) >= 11 is 5.74. The maximum Gasteiger partial charge on any atom is 0.231 e. The fourth-order valence-corrected chi connectivity index (χ4v) is 3.84. The number of amides is 1. The quantitative estimate of drug-likeness (QED) is 0.573. The van der Waals surface area contributed by atoms with Crippen molar-refractivity contribution in [3.63, 3.8) is 0 Å². The smallest absolute Gasteiger partial charge is 0.231 e. The Morgan fingerprint density at radius 3 is 2.68 bits per heavy atom. The van der Waals surface area contributed by atoms with Gasteiger partial charge in [-0.2, -0.15) is 0 Å². The minimum atomic E-state index is -0.387. The van der Waals surface area contributed by atoms with Gasteiger partial charge in [-0.1, -0.05) is 27.2 Å². The lowest BCUT2D eigenvalue weighted by atomic mass is 9.81. The van der Waals surface area contributed by atoms with Gasteiger partial charge in [-0.05, 0) is 25.7 Å². The maximum absolute atomic E-state index is 12.8. The van der Waals surface area contributed by atoms with Crippen molar-refractivity contribution in [3.8, 4) is 0 Å². The molecule has 2 saturated heterocycles. The second-order valence-corrected chi connectivity index (χ2v) is 7.23. The third kappa shape index (κ3) is 2.52. The van der Waals surface area contributed by atoms with Crippen LogP contribution in [0.1, 0.15) is 53.4 Å². The number of unbranched alkanes of at least 4 members (excludes halogenated alkanes) is 1. The molecule has 0 aromatic rings. The van der Waals surface area contributed by atoms with Gasteiger partial charge in [0.1, 0.15) is 5.72 Å². The lowest BCUT2D eigenvalue weighted by molar-refractivity contribution is -0.142. The van der Waals surface area contributed by atoms with Gasteiger partial charge in [-0.15, -0.1) is 11.6 Å². The molecule has 4 heteroatoms. The molecule has 1 amide bonds. The predicted octanol–water partition coefficient (Wildman–Crippen LogP) is 3.41. The van der Waals surface area contributed by atoms with Crippen molar-refractivity contribution in [2.24, 2.45) is 11.3 Å². The summed E-state index contributed by atoms with van der Waals surface area (Å²) < 4.78 is 5.99. The number of nitrogens with zero attached hydrogens (tertiary/aromatic N) is 1. The highest BCUT2D eigenvalue weighted by molar-refractivity contribution is 6.17.